The van der Waals surface area contributed by atoms with Crippen LogP contribution in [0.2, 0.25) is 0 Å². The number of benzene rings is 2. The highest BCUT2D eigenvalue weighted by Gasteiger charge is 2.57. The summed E-state index contributed by atoms with van der Waals surface area (Å²) in [5.41, 5.74) is 6.87. The SMILES string of the molecule is C=C(c1ccccc1)C12CCC(OCOC)C1CC(CCCCCCCCCO)=C2c1ccccc1. The summed E-state index contributed by atoms with van der Waals surface area (Å²) in [5, 5.41) is 8.99. The van der Waals surface area contributed by atoms with E-state index in [1.165, 1.54) is 54.4 Å². The van der Waals surface area contributed by atoms with E-state index in [4.69, 9.17) is 21.2 Å². The van der Waals surface area contributed by atoms with Gasteiger partial charge in [-0.25, -0.2) is 0 Å². The molecule has 3 atom stereocenters. The summed E-state index contributed by atoms with van der Waals surface area (Å²) >= 11 is 0. The number of ether oxygens (including phenoxy) is 2. The van der Waals surface area contributed by atoms with Crippen LogP contribution in [0.3, 0.4) is 0 Å². The summed E-state index contributed by atoms with van der Waals surface area (Å²) in [6.07, 6.45) is 12.9. The van der Waals surface area contributed by atoms with E-state index in [0.717, 1.165) is 38.5 Å². The van der Waals surface area contributed by atoms with Gasteiger partial charge in [-0.05, 0) is 60.8 Å². The van der Waals surface area contributed by atoms with E-state index in [1.807, 2.05) is 0 Å². The number of rotatable bonds is 15. The van der Waals surface area contributed by atoms with Crippen molar-refractivity contribution in [2.24, 2.45) is 11.3 Å². The van der Waals surface area contributed by atoms with Gasteiger partial charge in [0.1, 0.15) is 6.79 Å². The largest absolute Gasteiger partial charge is 0.396 e. The van der Waals surface area contributed by atoms with Crippen LogP contribution in [0, 0.1) is 11.3 Å². The molecule has 1 saturated carbocycles. The number of hydrogen-bond donors (Lipinski definition) is 1. The number of methoxy groups -OCH3 is 1. The summed E-state index contributed by atoms with van der Waals surface area (Å²) < 4.78 is 11.6. The van der Waals surface area contributed by atoms with Crippen molar-refractivity contribution in [3.8, 4) is 0 Å². The Labute approximate surface area is 218 Å². The van der Waals surface area contributed by atoms with Crippen molar-refractivity contribution in [2.45, 2.75) is 76.7 Å². The van der Waals surface area contributed by atoms with Crippen molar-refractivity contribution >= 4 is 11.1 Å². The van der Waals surface area contributed by atoms with Crippen LogP contribution < -0.4 is 0 Å². The highest BCUT2D eigenvalue weighted by atomic mass is 16.7. The molecule has 0 saturated heterocycles. The van der Waals surface area contributed by atoms with E-state index >= 15 is 0 Å². The maximum absolute atomic E-state index is 8.99. The topological polar surface area (TPSA) is 38.7 Å². The Balaban J connectivity index is 1.61. The first-order valence-electron chi connectivity index (χ1n) is 14.0. The molecule has 1 fully saturated rings. The van der Waals surface area contributed by atoms with Gasteiger partial charge in [-0.2, -0.15) is 0 Å². The molecule has 0 heterocycles. The Morgan fingerprint density at radius 1 is 0.917 bits per heavy atom. The lowest BCUT2D eigenvalue weighted by Crippen LogP contribution is -2.30. The van der Waals surface area contributed by atoms with Crippen molar-refractivity contribution in [3.63, 3.8) is 0 Å². The number of fused-ring (bicyclic) bond motifs is 1. The van der Waals surface area contributed by atoms with Gasteiger partial charge in [0.05, 0.1) is 6.10 Å². The first-order chi connectivity index (χ1) is 17.7. The summed E-state index contributed by atoms with van der Waals surface area (Å²) in [4.78, 5) is 0. The van der Waals surface area contributed by atoms with Crippen molar-refractivity contribution in [1.29, 1.82) is 0 Å². The van der Waals surface area contributed by atoms with Gasteiger partial charge in [-0.3, -0.25) is 0 Å². The molecule has 0 spiro atoms. The lowest BCUT2D eigenvalue weighted by Gasteiger charge is -2.37. The van der Waals surface area contributed by atoms with Gasteiger partial charge in [0.2, 0.25) is 0 Å². The van der Waals surface area contributed by atoms with Crippen LogP contribution in [0.4, 0.5) is 0 Å². The van der Waals surface area contributed by atoms with E-state index in [9.17, 15) is 0 Å². The minimum absolute atomic E-state index is 0.0965. The van der Waals surface area contributed by atoms with Crippen LogP contribution in [-0.2, 0) is 9.47 Å². The van der Waals surface area contributed by atoms with Gasteiger partial charge in [0.15, 0.2) is 0 Å². The fraction of sp³-hybridized carbons (Fsp3) is 0.515. The Bertz CT molecular complexity index is 981. The van der Waals surface area contributed by atoms with Crippen LogP contribution in [0.25, 0.3) is 11.1 Å². The van der Waals surface area contributed by atoms with Crippen molar-refractivity contribution in [1.82, 2.24) is 0 Å². The maximum atomic E-state index is 8.99. The monoisotopic (exact) mass is 488 g/mol. The second-order valence-electron chi connectivity index (χ2n) is 10.6. The standard InChI is InChI=1S/C33H44O3/c1-26(27-16-11-8-12-17-27)33-22-21-31(36-25-35-2)30(33)24-29(32(33)28-18-13-9-14-19-28)20-10-6-4-3-5-7-15-23-34/h8-9,11-14,16-19,30-31,34H,1,3-7,10,15,20-25H2,2H3. The van der Waals surface area contributed by atoms with E-state index in [1.54, 1.807) is 12.7 Å². The molecule has 0 aliphatic heterocycles. The Kier molecular flexibility index (Phi) is 9.98. The van der Waals surface area contributed by atoms with Crippen molar-refractivity contribution in [3.05, 3.63) is 83.9 Å². The predicted octanol–water partition coefficient (Wildman–Crippen LogP) is 8.06. The van der Waals surface area contributed by atoms with E-state index in [-0.39, 0.29) is 11.5 Å². The normalized spacial score (nSPS) is 23.3. The van der Waals surface area contributed by atoms with Crippen LogP contribution >= 0.6 is 0 Å². The molecule has 3 nitrogen and oxygen atoms in total. The van der Waals surface area contributed by atoms with E-state index < -0.39 is 0 Å². The fourth-order valence-electron chi connectivity index (χ4n) is 6.78. The molecule has 194 valence electrons. The molecular formula is C33H44O3. The van der Waals surface area contributed by atoms with Gasteiger partial charge in [0.25, 0.3) is 0 Å². The Morgan fingerprint density at radius 2 is 1.56 bits per heavy atom. The molecule has 4 rings (SSSR count). The average molecular weight is 489 g/mol. The minimum Gasteiger partial charge on any atom is -0.396 e. The Hall–Kier alpha value is -2.20. The molecule has 0 amide bonds. The van der Waals surface area contributed by atoms with Crippen molar-refractivity contribution < 1.29 is 14.6 Å². The number of allylic oxidation sites excluding steroid dienone is 3. The first kappa shape index (κ1) is 26.9. The summed E-state index contributed by atoms with van der Waals surface area (Å²) in [5.74, 6) is 0.393. The lowest BCUT2D eigenvalue weighted by molar-refractivity contribution is -0.0858. The molecule has 3 heteroatoms. The number of unbranched alkanes of at least 4 members (excludes halogenated alkanes) is 6. The molecule has 0 bridgehead atoms. The zero-order valence-electron chi connectivity index (χ0n) is 22.1. The average Bonchev–Trinajstić information content (AvgIpc) is 3.44. The maximum Gasteiger partial charge on any atom is 0.146 e. The third-order valence-electron chi connectivity index (χ3n) is 8.43. The van der Waals surface area contributed by atoms with Gasteiger partial charge in [-0.15, -0.1) is 0 Å². The lowest BCUT2D eigenvalue weighted by atomic mass is 9.66. The third-order valence-corrected chi connectivity index (χ3v) is 8.43. The minimum atomic E-state index is -0.0965. The molecule has 2 aliphatic carbocycles. The zero-order chi connectivity index (χ0) is 25.2. The van der Waals surface area contributed by atoms with Gasteiger partial charge in [-0.1, -0.05) is 105 Å². The Morgan fingerprint density at radius 3 is 2.22 bits per heavy atom. The highest BCUT2D eigenvalue weighted by molar-refractivity contribution is 5.90. The van der Waals surface area contributed by atoms with Gasteiger partial charge >= 0.3 is 0 Å². The zero-order valence-corrected chi connectivity index (χ0v) is 22.1. The van der Waals surface area contributed by atoms with Crippen LogP contribution in [0.15, 0.2) is 72.8 Å². The predicted molar refractivity (Wildman–Crippen MR) is 149 cm³/mol. The van der Waals surface area contributed by atoms with Crippen LogP contribution in [0.5, 0.6) is 0 Å². The van der Waals surface area contributed by atoms with Gasteiger partial charge < -0.3 is 14.6 Å². The third kappa shape index (κ3) is 5.85. The second kappa shape index (κ2) is 13.4. The molecule has 0 radical (unpaired) electrons. The second-order valence-corrected chi connectivity index (χ2v) is 10.6. The molecule has 0 aromatic heterocycles. The number of aliphatic hydroxyl groups excluding tert-OH is 1. The van der Waals surface area contributed by atoms with Crippen LogP contribution in [-0.4, -0.2) is 31.7 Å². The number of aliphatic hydroxyl groups is 1. The number of hydrogen-bond acceptors (Lipinski definition) is 3. The summed E-state index contributed by atoms with van der Waals surface area (Å²) in [6.45, 7) is 5.44. The summed E-state index contributed by atoms with van der Waals surface area (Å²) in [6, 6.07) is 21.8. The molecule has 36 heavy (non-hydrogen) atoms. The molecule has 2 aliphatic rings. The highest BCUT2D eigenvalue weighted by Crippen LogP contribution is 2.66. The molecular weight excluding hydrogens is 444 g/mol. The fourth-order valence-corrected chi connectivity index (χ4v) is 6.78. The van der Waals surface area contributed by atoms with E-state index in [2.05, 4.69) is 60.7 Å². The molecule has 2 aromatic rings. The quantitative estimate of drug-likeness (QED) is 0.203. The molecule has 3 unspecified atom stereocenters. The molecule has 2 aromatic carbocycles. The molecule has 1 N–H and O–H groups in total. The first-order valence-corrected chi connectivity index (χ1v) is 14.0. The van der Waals surface area contributed by atoms with Gasteiger partial charge in [0, 0.05) is 25.0 Å². The van der Waals surface area contributed by atoms with E-state index in [0.29, 0.717) is 19.3 Å². The van der Waals surface area contributed by atoms with Crippen molar-refractivity contribution in [2.75, 3.05) is 20.5 Å². The smallest absolute Gasteiger partial charge is 0.146 e. The summed E-state index contributed by atoms with van der Waals surface area (Å²) in [7, 11) is 1.71. The van der Waals surface area contributed by atoms with Crippen LogP contribution in [0.1, 0.15) is 81.8 Å².